The number of hydrogen-bond acceptors (Lipinski definition) is 2. The summed E-state index contributed by atoms with van der Waals surface area (Å²) in [6.45, 7) is 22.6. The molecule has 0 radical (unpaired) electrons. The number of urea groups is 1. The maximum absolute atomic E-state index is 11.0. The summed E-state index contributed by atoms with van der Waals surface area (Å²) in [6.07, 6.45) is 4.87. The third-order valence-corrected chi connectivity index (χ3v) is 1.69. The smallest absolute Gasteiger partial charge is 0.318 e. The van der Waals surface area contributed by atoms with Gasteiger partial charge in [-0.05, 0) is 13.0 Å². The molecule has 118 valence electrons. The molecule has 0 unspecified atom stereocenters. The number of hydrogen-bond donors (Lipinski definition) is 3. The van der Waals surface area contributed by atoms with Crippen LogP contribution in [0.15, 0.2) is 44.7 Å². The number of nitrogens with zero attached hydrogens (tertiary/aromatic N) is 1. The molecule has 1 aromatic heterocycles. The van der Waals surface area contributed by atoms with E-state index in [2.05, 4.69) is 53.7 Å². The van der Waals surface area contributed by atoms with Gasteiger partial charge in [0, 0.05) is 12.3 Å². The van der Waals surface area contributed by atoms with Crippen LogP contribution in [0.1, 0.15) is 20.8 Å². The fourth-order valence-electron chi connectivity index (χ4n) is 0.958. The number of allylic oxidation sites excluding steroid dienone is 1. The molecule has 0 fully saturated rings. The van der Waals surface area contributed by atoms with E-state index < -0.39 is 0 Å². The molecule has 2 amide bonds. The molecule has 1 aromatic rings. The van der Waals surface area contributed by atoms with E-state index in [-0.39, 0.29) is 6.03 Å². The van der Waals surface area contributed by atoms with Gasteiger partial charge in [0.1, 0.15) is 0 Å². The maximum Gasteiger partial charge on any atom is 0.318 e. The molecule has 3 N–H and O–H groups in total. The Labute approximate surface area is 127 Å². The van der Waals surface area contributed by atoms with E-state index in [1.165, 1.54) is 13.1 Å². The van der Waals surface area contributed by atoms with Crippen molar-refractivity contribution in [1.82, 2.24) is 20.8 Å². The number of rotatable bonds is 2. The molecule has 0 aliphatic rings. The first-order valence-electron chi connectivity index (χ1n) is 6.51. The van der Waals surface area contributed by atoms with Crippen LogP contribution in [-0.4, -0.2) is 23.3 Å². The summed E-state index contributed by atoms with van der Waals surface area (Å²) in [6, 6.07) is -0.305. The number of H-pyrrole nitrogens is 1. The minimum atomic E-state index is -0.305. The minimum Gasteiger partial charge on any atom is -0.341 e. The summed E-state index contributed by atoms with van der Waals surface area (Å²) in [7, 11) is 1.54. The Morgan fingerprint density at radius 2 is 1.81 bits per heavy atom. The van der Waals surface area contributed by atoms with Crippen LogP contribution in [0, 0.1) is 0 Å². The minimum absolute atomic E-state index is 0.305. The van der Waals surface area contributed by atoms with Crippen molar-refractivity contribution in [3.63, 3.8) is 0 Å². The molecular weight excluding hydrogens is 264 g/mol. The van der Waals surface area contributed by atoms with E-state index in [0.717, 1.165) is 5.22 Å². The maximum atomic E-state index is 11.0. The number of nitrogens with one attached hydrogen (secondary N) is 3. The average molecular weight is 292 g/mol. The highest BCUT2D eigenvalue weighted by molar-refractivity contribution is 5.82. The molecule has 0 aliphatic carbocycles. The predicted octanol–water partition coefficient (Wildman–Crippen LogP) is 2.06. The topological polar surface area (TPSA) is 69.8 Å². The van der Waals surface area contributed by atoms with Gasteiger partial charge in [0.15, 0.2) is 0 Å². The SMILES string of the molecule is C=C.C=C/C(NC(=O)NC)=c1/cn[nH]c1=C.C=CC.CC. The van der Waals surface area contributed by atoms with E-state index >= 15 is 0 Å². The largest absolute Gasteiger partial charge is 0.341 e. The van der Waals surface area contributed by atoms with Gasteiger partial charge in [-0.15, -0.1) is 19.7 Å². The van der Waals surface area contributed by atoms with Gasteiger partial charge in [0.05, 0.1) is 17.2 Å². The Bertz CT molecular complexity index is 503. The normalized spacial score (nSPS) is 8.95. The van der Waals surface area contributed by atoms with Crippen LogP contribution in [0.5, 0.6) is 0 Å². The molecule has 21 heavy (non-hydrogen) atoms. The highest BCUT2D eigenvalue weighted by Gasteiger charge is 2.00. The summed E-state index contributed by atoms with van der Waals surface area (Å²) in [5.41, 5.74) is 0.572. The first kappa shape index (κ1) is 23.5. The molecule has 0 spiro atoms. The second-order valence-electron chi connectivity index (χ2n) is 2.99. The zero-order valence-electron chi connectivity index (χ0n) is 13.6. The number of amides is 2. The van der Waals surface area contributed by atoms with Crippen LogP contribution in [0.25, 0.3) is 12.3 Å². The summed E-state index contributed by atoms with van der Waals surface area (Å²) < 4.78 is 0. The zero-order chi connectivity index (χ0) is 17.3. The first-order valence-corrected chi connectivity index (χ1v) is 6.51. The third kappa shape index (κ3) is 11.0. The number of aromatic amines is 1. The van der Waals surface area contributed by atoms with Gasteiger partial charge in [-0.2, -0.15) is 5.10 Å². The van der Waals surface area contributed by atoms with Crippen molar-refractivity contribution in [3.05, 3.63) is 55.2 Å². The summed E-state index contributed by atoms with van der Waals surface area (Å²) >= 11 is 0. The quantitative estimate of drug-likeness (QED) is 0.730. The standard InChI is InChI=1S/C9H12N4O.C3H6.C2H6.C2H4/c1-4-8(12-9(14)10-3)7-5-11-13-6(7)2;1-3-2;2*1-2/h4-5,13H,1-2H2,3H3,(H2,10,12,14);3H,1H2,2H3;1-2H3;1-2H2/b8-7+;;;. The molecule has 5 nitrogen and oxygen atoms in total. The van der Waals surface area contributed by atoms with Crippen molar-refractivity contribution in [2.75, 3.05) is 7.05 Å². The van der Waals surface area contributed by atoms with E-state index in [1.54, 1.807) is 12.3 Å². The van der Waals surface area contributed by atoms with Crippen LogP contribution < -0.4 is 21.2 Å². The molecule has 0 saturated heterocycles. The van der Waals surface area contributed by atoms with Crippen LogP contribution in [-0.2, 0) is 0 Å². The van der Waals surface area contributed by atoms with Gasteiger partial charge in [0.25, 0.3) is 0 Å². The number of aromatic nitrogens is 2. The van der Waals surface area contributed by atoms with Gasteiger partial charge in [-0.1, -0.05) is 33.1 Å². The molecule has 0 aromatic carbocycles. The lowest BCUT2D eigenvalue weighted by atomic mass is 10.3. The van der Waals surface area contributed by atoms with Crippen LogP contribution in [0.2, 0.25) is 0 Å². The summed E-state index contributed by atoms with van der Waals surface area (Å²) in [4.78, 5) is 11.0. The number of carbonyl (C=O) groups is 1. The Hall–Kier alpha value is -2.56. The highest BCUT2D eigenvalue weighted by atomic mass is 16.2. The fraction of sp³-hybridized carbons (Fsp3) is 0.250. The van der Waals surface area contributed by atoms with Gasteiger partial charge < -0.3 is 10.6 Å². The monoisotopic (exact) mass is 292 g/mol. The Morgan fingerprint density at radius 1 is 1.33 bits per heavy atom. The Kier molecular flexibility index (Phi) is 19.5. The van der Waals surface area contributed by atoms with Gasteiger partial charge in [-0.25, -0.2) is 4.79 Å². The first-order chi connectivity index (χ1) is 10.1. The van der Waals surface area contributed by atoms with E-state index in [1.807, 2.05) is 20.8 Å². The molecule has 0 bridgehead atoms. The van der Waals surface area contributed by atoms with Crippen molar-refractivity contribution in [3.8, 4) is 0 Å². The Morgan fingerprint density at radius 3 is 2.10 bits per heavy atom. The van der Waals surface area contributed by atoms with Gasteiger partial charge in [-0.3, -0.25) is 5.10 Å². The summed E-state index contributed by atoms with van der Waals surface area (Å²) in [5.74, 6) is 0. The zero-order valence-corrected chi connectivity index (χ0v) is 13.6. The molecule has 0 aliphatic heterocycles. The van der Waals surface area contributed by atoms with E-state index in [0.29, 0.717) is 11.0 Å². The second-order valence-corrected chi connectivity index (χ2v) is 2.99. The molecule has 1 rings (SSSR count). The van der Waals surface area contributed by atoms with Crippen molar-refractivity contribution >= 4 is 18.3 Å². The lowest BCUT2D eigenvalue weighted by Gasteiger charge is -2.03. The van der Waals surface area contributed by atoms with E-state index in [9.17, 15) is 4.79 Å². The van der Waals surface area contributed by atoms with Gasteiger partial charge in [0.2, 0.25) is 0 Å². The van der Waals surface area contributed by atoms with E-state index in [4.69, 9.17) is 0 Å². The lowest BCUT2D eigenvalue weighted by Crippen LogP contribution is -2.36. The number of carbonyl (C=O) groups excluding carboxylic acids is 1. The second kappa shape index (κ2) is 17.4. The van der Waals surface area contributed by atoms with Crippen molar-refractivity contribution in [1.29, 1.82) is 0 Å². The average Bonchev–Trinajstić information content (AvgIpc) is 2.95. The lowest BCUT2D eigenvalue weighted by molar-refractivity contribution is 0.246. The fourth-order valence-corrected chi connectivity index (χ4v) is 0.958. The van der Waals surface area contributed by atoms with Crippen molar-refractivity contribution < 1.29 is 4.79 Å². The predicted molar refractivity (Wildman–Crippen MR) is 93.0 cm³/mol. The molecule has 1 heterocycles. The van der Waals surface area contributed by atoms with Gasteiger partial charge >= 0.3 is 6.03 Å². The van der Waals surface area contributed by atoms with Crippen LogP contribution in [0.4, 0.5) is 4.79 Å². The van der Waals surface area contributed by atoms with Crippen LogP contribution >= 0.6 is 0 Å². The van der Waals surface area contributed by atoms with Crippen LogP contribution in [0.3, 0.4) is 0 Å². The summed E-state index contributed by atoms with van der Waals surface area (Å²) in [5, 5.41) is 12.9. The molecule has 0 atom stereocenters. The third-order valence-electron chi connectivity index (χ3n) is 1.69. The molecular formula is C16H28N4O. The highest BCUT2D eigenvalue weighted by Crippen LogP contribution is 1.85. The van der Waals surface area contributed by atoms with Crippen molar-refractivity contribution in [2.24, 2.45) is 0 Å². The molecule has 5 heteroatoms. The Balaban J connectivity index is -0.000000399. The molecule has 0 saturated carbocycles. The van der Waals surface area contributed by atoms with Crippen molar-refractivity contribution in [2.45, 2.75) is 20.8 Å².